The molecule has 0 bridgehead atoms. The number of benzene rings is 2. The van der Waals surface area contributed by atoms with Gasteiger partial charge in [0.15, 0.2) is 0 Å². The largest absolute Gasteiger partial charge is 0.380 e. The summed E-state index contributed by atoms with van der Waals surface area (Å²) in [6.07, 6.45) is 9.22. The molecule has 42 heavy (non-hydrogen) atoms. The minimum Gasteiger partial charge on any atom is -0.380 e. The van der Waals surface area contributed by atoms with Crippen molar-refractivity contribution in [3.05, 3.63) is 48.3 Å². The van der Waals surface area contributed by atoms with Crippen molar-refractivity contribution in [3.63, 3.8) is 0 Å². The van der Waals surface area contributed by atoms with Crippen molar-refractivity contribution < 1.29 is 4.79 Å². The van der Waals surface area contributed by atoms with Crippen molar-refractivity contribution >= 4 is 28.2 Å². The molecule has 5 heterocycles. The maximum atomic E-state index is 12.8. The monoisotopic (exact) mass is 566 g/mol. The molecule has 3 aliphatic rings. The fraction of sp³-hybridized carbons (Fsp3) is 0.485. The highest BCUT2D eigenvalue weighted by Gasteiger charge is 2.27. The zero-order valence-electron chi connectivity index (χ0n) is 25.0. The van der Waals surface area contributed by atoms with Crippen LogP contribution in [0.4, 0.5) is 11.4 Å². The summed E-state index contributed by atoms with van der Waals surface area (Å²) in [5.41, 5.74) is 8.49. The first-order chi connectivity index (χ1) is 20.4. The van der Waals surface area contributed by atoms with Gasteiger partial charge in [-0.15, -0.1) is 0 Å². The third kappa shape index (κ3) is 5.31. The summed E-state index contributed by atoms with van der Waals surface area (Å²) in [5.74, 6) is 1.36. The first kappa shape index (κ1) is 27.2. The van der Waals surface area contributed by atoms with Crippen molar-refractivity contribution in [1.29, 1.82) is 0 Å². The minimum atomic E-state index is 0.0437. The number of aromatic nitrogens is 4. The molecule has 2 aromatic heterocycles. The summed E-state index contributed by atoms with van der Waals surface area (Å²) in [7, 11) is 3.92. The van der Waals surface area contributed by atoms with E-state index < -0.39 is 0 Å². The van der Waals surface area contributed by atoms with Gasteiger partial charge >= 0.3 is 0 Å². The third-order valence-electron chi connectivity index (χ3n) is 9.49. The highest BCUT2D eigenvalue weighted by molar-refractivity contribution is 6.02. The van der Waals surface area contributed by atoms with Crippen molar-refractivity contribution in [2.45, 2.75) is 51.0 Å². The van der Waals surface area contributed by atoms with E-state index in [2.05, 4.69) is 63.2 Å². The lowest BCUT2D eigenvalue weighted by Crippen LogP contribution is -2.39. The number of fused-ring (bicyclic) bond motifs is 2. The predicted octanol–water partition coefficient (Wildman–Crippen LogP) is 4.96. The van der Waals surface area contributed by atoms with E-state index >= 15 is 0 Å². The zero-order valence-corrected chi connectivity index (χ0v) is 25.0. The molecule has 3 N–H and O–H groups in total. The highest BCUT2D eigenvalue weighted by Crippen LogP contribution is 2.43. The molecule has 9 heteroatoms. The Morgan fingerprint density at radius 3 is 2.57 bits per heavy atom. The number of aryl methyl sites for hydroxylation is 2. The van der Waals surface area contributed by atoms with Gasteiger partial charge in [0, 0.05) is 55.8 Å². The lowest BCUT2D eigenvalue weighted by atomic mass is 9.85. The number of rotatable bonds is 5. The number of amides is 1. The van der Waals surface area contributed by atoms with Crippen LogP contribution >= 0.6 is 0 Å². The van der Waals surface area contributed by atoms with Gasteiger partial charge in [-0.2, -0.15) is 10.2 Å². The molecule has 2 fully saturated rings. The standard InChI is InChI=1S/C33H42N8O/c1-21-14-31(42)37-29-17-25(23-8-12-41(13-9-23)19-22-6-10-34-11-7-22)16-27(33(29)36-21)24-4-5-30-28(15-24)32(38-40(30)3)26-18-35-39(2)20-26/h4-5,15-18,20-23,34,36H,6-14,19H2,1-3H3,(H,37,42)/t21-/m1/s1. The van der Waals surface area contributed by atoms with Crippen LogP contribution in [0.5, 0.6) is 0 Å². The molecule has 7 rings (SSSR count). The van der Waals surface area contributed by atoms with Gasteiger partial charge in [-0.25, -0.2) is 0 Å². The maximum Gasteiger partial charge on any atom is 0.226 e. The van der Waals surface area contributed by atoms with E-state index in [1.165, 1.54) is 24.9 Å². The Balaban J connectivity index is 1.25. The van der Waals surface area contributed by atoms with Gasteiger partial charge in [-0.05, 0) is 106 Å². The maximum absolute atomic E-state index is 12.8. The van der Waals surface area contributed by atoms with Crippen LogP contribution in [0.3, 0.4) is 0 Å². The number of hydrogen-bond acceptors (Lipinski definition) is 6. The fourth-order valence-electron chi connectivity index (χ4n) is 7.23. The van der Waals surface area contributed by atoms with Crippen molar-refractivity contribution in [2.75, 3.05) is 43.4 Å². The van der Waals surface area contributed by atoms with Gasteiger partial charge in [-0.3, -0.25) is 14.2 Å². The van der Waals surface area contributed by atoms with Gasteiger partial charge < -0.3 is 20.9 Å². The van der Waals surface area contributed by atoms with Crippen LogP contribution in [-0.2, 0) is 18.9 Å². The third-order valence-corrected chi connectivity index (χ3v) is 9.49. The molecule has 0 radical (unpaired) electrons. The Kier molecular flexibility index (Phi) is 7.23. The number of nitrogens with one attached hydrogen (secondary N) is 3. The average molecular weight is 567 g/mol. The fourth-order valence-corrected chi connectivity index (χ4v) is 7.23. The van der Waals surface area contributed by atoms with Crippen molar-refractivity contribution in [3.8, 4) is 22.4 Å². The van der Waals surface area contributed by atoms with Crippen molar-refractivity contribution in [2.24, 2.45) is 20.0 Å². The highest BCUT2D eigenvalue weighted by atomic mass is 16.1. The van der Waals surface area contributed by atoms with Gasteiger partial charge in [0.2, 0.25) is 5.91 Å². The molecule has 1 amide bonds. The van der Waals surface area contributed by atoms with E-state index in [4.69, 9.17) is 5.10 Å². The Morgan fingerprint density at radius 2 is 1.81 bits per heavy atom. The Labute approximate surface area is 247 Å². The molecule has 2 saturated heterocycles. The summed E-state index contributed by atoms with van der Waals surface area (Å²) in [6.45, 7) is 7.90. The lowest BCUT2D eigenvalue weighted by molar-refractivity contribution is -0.116. The molecular formula is C33H42N8O. The molecule has 220 valence electrons. The molecule has 3 aliphatic heterocycles. The summed E-state index contributed by atoms with van der Waals surface area (Å²) in [4.78, 5) is 15.5. The van der Waals surface area contributed by atoms with E-state index in [9.17, 15) is 4.79 Å². The Bertz CT molecular complexity index is 1610. The summed E-state index contributed by atoms with van der Waals surface area (Å²) >= 11 is 0. The van der Waals surface area contributed by atoms with E-state index in [0.717, 1.165) is 89.6 Å². The number of likely N-dealkylation sites (tertiary alicyclic amines) is 1. The smallest absolute Gasteiger partial charge is 0.226 e. The topological polar surface area (TPSA) is 92.0 Å². The molecule has 0 spiro atoms. The summed E-state index contributed by atoms with van der Waals surface area (Å²) in [6, 6.07) is 11.3. The van der Waals surface area contributed by atoms with E-state index in [0.29, 0.717) is 12.3 Å². The average Bonchev–Trinajstić information content (AvgIpc) is 3.52. The number of anilines is 2. The molecule has 4 aromatic rings. The molecule has 0 saturated carbocycles. The molecular weight excluding hydrogens is 524 g/mol. The summed E-state index contributed by atoms with van der Waals surface area (Å²) < 4.78 is 3.76. The SMILES string of the molecule is C[C@@H]1CC(=O)Nc2cc(C3CCN(CC4CCNCC4)CC3)cc(-c3ccc4c(c3)c(-c3cnn(C)c3)nn4C)c2N1. The van der Waals surface area contributed by atoms with Crippen LogP contribution in [0.15, 0.2) is 42.7 Å². The number of hydrogen-bond donors (Lipinski definition) is 3. The number of carbonyl (C=O) groups excluding carboxylic acids is 1. The van der Waals surface area contributed by atoms with Crippen LogP contribution in [-0.4, -0.2) is 69.1 Å². The quantitative estimate of drug-likeness (QED) is 0.316. The van der Waals surface area contributed by atoms with Crippen LogP contribution in [0, 0.1) is 5.92 Å². The second-order valence-corrected chi connectivity index (χ2v) is 12.7. The first-order valence-corrected chi connectivity index (χ1v) is 15.5. The molecule has 0 aliphatic carbocycles. The van der Waals surface area contributed by atoms with Gasteiger partial charge in [0.05, 0.1) is 23.1 Å². The van der Waals surface area contributed by atoms with E-state index in [-0.39, 0.29) is 11.9 Å². The second-order valence-electron chi connectivity index (χ2n) is 12.7. The predicted molar refractivity (Wildman–Crippen MR) is 169 cm³/mol. The molecule has 9 nitrogen and oxygen atoms in total. The lowest BCUT2D eigenvalue weighted by Gasteiger charge is -2.36. The van der Waals surface area contributed by atoms with E-state index in [1.807, 2.05) is 35.9 Å². The molecule has 1 atom stereocenters. The molecule has 0 unspecified atom stereocenters. The van der Waals surface area contributed by atoms with Crippen LogP contribution in [0.2, 0.25) is 0 Å². The van der Waals surface area contributed by atoms with Crippen LogP contribution < -0.4 is 16.0 Å². The Hall–Kier alpha value is -3.69. The van der Waals surface area contributed by atoms with Crippen LogP contribution in [0.25, 0.3) is 33.3 Å². The van der Waals surface area contributed by atoms with Crippen LogP contribution in [0.1, 0.15) is 50.5 Å². The number of nitrogens with zero attached hydrogens (tertiary/aromatic N) is 5. The first-order valence-electron chi connectivity index (χ1n) is 15.5. The zero-order chi connectivity index (χ0) is 28.8. The second kappa shape index (κ2) is 11.2. The normalized spacial score (nSPS) is 20.7. The van der Waals surface area contributed by atoms with Gasteiger partial charge in [0.1, 0.15) is 5.69 Å². The van der Waals surface area contributed by atoms with Gasteiger partial charge in [0.25, 0.3) is 0 Å². The summed E-state index contributed by atoms with van der Waals surface area (Å²) in [5, 5.41) is 20.7. The molecule has 2 aromatic carbocycles. The van der Waals surface area contributed by atoms with Gasteiger partial charge in [-0.1, -0.05) is 6.07 Å². The minimum absolute atomic E-state index is 0.0437. The number of carbonyl (C=O) groups is 1. The Morgan fingerprint density at radius 1 is 1.00 bits per heavy atom. The number of piperidine rings is 2. The van der Waals surface area contributed by atoms with Crippen molar-refractivity contribution in [1.82, 2.24) is 29.8 Å². The van der Waals surface area contributed by atoms with E-state index in [1.54, 1.807) is 0 Å².